The Labute approximate surface area is 618 Å². The highest BCUT2D eigenvalue weighted by Gasteiger charge is 2.63. The van der Waals surface area contributed by atoms with Crippen LogP contribution >= 0.6 is 0 Å². The minimum absolute atomic E-state index is 0.277. The van der Waals surface area contributed by atoms with Gasteiger partial charge in [0, 0.05) is 50.6 Å². The number of allylic oxidation sites excluding steroid dienone is 4. The zero-order valence-electron chi connectivity index (χ0n) is 67.4. The van der Waals surface area contributed by atoms with Crippen LogP contribution in [-0.2, 0) is 18.9 Å². The molecule has 0 aromatic heterocycles. The predicted octanol–water partition coefficient (Wildman–Crippen LogP) is 24.8. The number of nitrogens with zero attached hydrogens (tertiary/aromatic N) is 2. The minimum atomic E-state index is 0.277. The summed E-state index contributed by atoms with van der Waals surface area (Å²) in [6, 6.07) is 3.39. The molecule has 0 saturated heterocycles. The summed E-state index contributed by atoms with van der Waals surface area (Å²) in [5, 5.41) is 0. The molecule has 0 radical (unpaired) electrons. The van der Waals surface area contributed by atoms with Crippen molar-refractivity contribution < 1.29 is 18.9 Å². The third kappa shape index (κ3) is 18.4. The summed E-state index contributed by atoms with van der Waals surface area (Å²) in [5.74, 6) is 17.0. The Morgan fingerprint density at radius 3 is 0.840 bits per heavy atom. The van der Waals surface area contributed by atoms with E-state index in [2.05, 4.69) is 91.2 Å². The first kappa shape index (κ1) is 77.4. The molecule has 0 bridgehead atoms. The number of hydrogen-bond acceptors (Lipinski definition) is 6. The highest BCUT2D eigenvalue weighted by atomic mass is 16.5. The quantitative estimate of drug-likeness (QED) is 0.0575. The zero-order chi connectivity index (χ0) is 69.2. The highest BCUT2D eigenvalue weighted by Crippen LogP contribution is 2.67. The molecule has 13 saturated carbocycles. The van der Waals surface area contributed by atoms with E-state index in [0.29, 0.717) is 48.1 Å². The van der Waals surface area contributed by atoms with E-state index in [0.717, 1.165) is 133 Å². The van der Waals surface area contributed by atoms with Crippen LogP contribution in [0.2, 0.25) is 0 Å². The number of fused-ring (bicyclic) bond motifs is 2. The van der Waals surface area contributed by atoms with Crippen molar-refractivity contribution in [3.05, 3.63) is 23.3 Å². The van der Waals surface area contributed by atoms with Crippen molar-refractivity contribution in [2.45, 2.75) is 425 Å². The first-order valence-corrected chi connectivity index (χ1v) is 46.3. The van der Waals surface area contributed by atoms with Gasteiger partial charge in [0.1, 0.15) is 0 Å². The Morgan fingerprint density at radius 1 is 0.290 bits per heavy atom. The SMILES string of the molecule is CCCCOC1CC(C)CC(OCCCC)C1N(C1CCC(C=C(C2CCC(C)CC2)C2CCC(C)CC2)CC1)C1CCC2C3CCC(N(C4CCC(C=C(C5CCC(C)CC5)C5CCC(C)CC5)CC4)C4C(OCCCC)CC(C)CC4OCCCC)C4CCCC(C5CCCC1C52)C34. The molecule has 0 aromatic rings. The van der Waals surface area contributed by atoms with E-state index < -0.39 is 0 Å². The lowest BCUT2D eigenvalue weighted by molar-refractivity contribution is -0.203. The number of ether oxygens (including phenoxy) is 4. The molecule has 100 heavy (non-hydrogen) atoms. The molecule has 0 N–H and O–H groups in total. The Hall–Kier alpha value is -0.760. The summed E-state index contributed by atoms with van der Waals surface area (Å²) < 4.78 is 29.9. The molecule has 0 heterocycles. The van der Waals surface area contributed by atoms with Crippen molar-refractivity contribution in [2.24, 2.45) is 118 Å². The van der Waals surface area contributed by atoms with Crippen molar-refractivity contribution in [3.8, 4) is 0 Å². The van der Waals surface area contributed by atoms with Crippen LogP contribution in [0.4, 0.5) is 0 Å². The minimum Gasteiger partial charge on any atom is -0.376 e. The molecular weight excluding hydrogens is 1220 g/mol. The number of hydrogen-bond donors (Lipinski definition) is 0. The van der Waals surface area contributed by atoms with Crippen LogP contribution in [0.15, 0.2) is 23.3 Å². The van der Waals surface area contributed by atoms with Gasteiger partial charge in [-0.2, -0.15) is 0 Å². The number of rotatable bonds is 28. The van der Waals surface area contributed by atoms with Gasteiger partial charge in [-0.3, -0.25) is 9.80 Å². The monoisotopic (exact) mass is 1380 g/mol. The smallest absolute Gasteiger partial charge is 0.0758 e. The first-order valence-electron chi connectivity index (χ1n) is 46.3. The normalized spacial score (nSPS) is 44.8. The van der Waals surface area contributed by atoms with Gasteiger partial charge in [0.25, 0.3) is 0 Å². The van der Waals surface area contributed by atoms with E-state index >= 15 is 0 Å². The van der Waals surface area contributed by atoms with Gasteiger partial charge in [-0.15, -0.1) is 0 Å². The summed E-state index contributed by atoms with van der Waals surface area (Å²) in [6.45, 7) is 28.5. The summed E-state index contributed by atoms with van der Waals surface area (Å²) in [6.07, 6.45) is 70.8. The van der Waals surface area contributed by atoms with Gasteiger partial charge < -0.3 is 18.9 Å². The third-order valence-electron chi connectivity index (χ3n) is 32.8. The highest BCUT2D eigenvalue weighted by molar-refractivity contribution is 5.19. The first-order chi connectivity index (χ1) is 48.9. The van der Waals surface area contributed by atoms with Gasteiger partial charge in [0.05, 0.1) is 36.5 Å². The lowest BCUT2D eigenvalue weighted by Crippen LogP contribution is -2.69. The van der Waals surface area contributed by atoms with E-state index in [-0.39, 0.29) is 24.4 Å². The van der Waals surface area contributed by atoms with Gasteiger partial charge in [-0.05, 0) is 324 Å². The van der Waals surface area contributed by atoms with Crippen LogP contribution in [-0.4, -0.2) is 96.9 Å². The average Bonchev–Trinajstić information content (AvgIpc) is 0.707. The molecule has 6 nitrogen and oxygen atoms in total. The summed E-state index contributed by atoms with van der Waals surface area (Å²) in [7, 11) is 0. The van der Waals surface area contributed by atoms with Crippen molar-refractivity contribution in [1.82, 2.24) is 9.80 Å². The van der Waals surface area contributed by atoms with Crippen LogP contribution < -0.4 is 0 Å². The maximum absolute atomic E-state index is 7.47. The third-order valence-corrected chi connectivity index (χ3v) is 32.8. The largest absolute Gasteiger partial charge is 0.376 e. The molecular formula is C94H162N2O4. The average molecular weight is 1380 g/mol. The van der Waals surface area contributed by atoms with E-state index in [1.54, 1.807) is 0 Å². The van der Waals surface area contributed by atoms with E-state index in [1.807, 2.05) is 11.1 Å². The summed E-state index contributed by atoms with van der Waals surface area (Å²) in [5.41, 5.74) is 3.95. The summed E-state index contributed by atoms with van der Waals surface area (Å²) >= 11 is 0. The lowest BCUT2D eigenvalue weighted by Gasteiger charge is -2.67. The van der Waals surface area contributed by atoms with E-state index in [1.165, 1.54) is 295 Å². The van der Waals surface area contributed by atoms with Crippen LogP contribution in [0.1, 0.15) is 365 Å². The van der Waals surface area contributed by atoms with Crippen molar-refractivity contribution >= 4 is 0 Å². The molecule has 0 aromatic carbocycles. The molecule has 14 unspecified atom stereocenters. The van der Waals surface area contributed by atoms with E-state index in [4.69, 9.17) is 18.9 Å². The Bertz CT molecular complexity index is 2160. The topological polar surface area (TPSA) is 43.4 Å². The second kappa shape index (κ2) is 37.6. The second-order valence-electron chi connectivity index (χ2n) is 39.7. The molecule has 13 aliphatic carbocycles. The molecule has 13 rings (SSSR count). The van der Waals surface area contributed by atoms with Crippen LogP contribution in [0.25, 0.3) is 0 Å². The van der Waals surface area contributed by atoms with Gasteiger partial charge >= 0.3 is 0 Å². The van der Waals surface area contributed by atoms with Gasteiger partial charge in [0.2, 0.25) is 0 Å². The fourth-order valence-electron chi connectivity index (χ4n) is 27.5. The van der Waals surface area contributed by atoms with Crippen LogP contribution in [0, 0.1) is 118 Å². The maximum atomic E-state index is 7.47. The van der Waals surface area contributed by atoms with Gasteiger partial charge in [-0.1, -0.05) is 182 Å². The van der Waals surface area contributed by atoms with Crippen molar-refractivity contribution in [3.63, 3.8) is 0 Å². The fraction of sp³-hybridized carbons (Fsp3) is 0.957. The molecule has 572 valence electrons. The van der Waals surface area contributed by atoms with Crippen molar-refractivity contribution in [1.29, 1.82) is 0 Å². The van der Waals surface area contributed by atoms with Gasteiger partial charge in [0.15, 0.2) is 0 Å². The Balaban J connectivity index is 0.804. The molecule has 14 atom stereocenters. The maximum Gasteiger partial charge on any atom is 0.0758 e. The lowest BCUT2D eigenvalue weighted by atomic mass is 9.41. The molecule has 6 heteroatoms. The fourth-order valence-corrected chi connectivity index (χ4v) is 27.5. The Morgan fingerprint density at radius 2 is 0.560 bits per heavy atom. The molecule has 13 fully saturated rings. The van der Waals surface area contributed by atoms with Crippen LogP contribution in [0.5, 0.6) is 0 Å². The number of unbranched alkanes of at least 4 members (excludes halogenated alkanes) is 4. The van der Waals surface area contributed by atoms with Crippen LogP contribution in [0.3, 0.4) is 0 Å². The second-order valence-corrected chi connectivity index (χ2v) is 39.7. The molecule has 0 spiro atoms. The molecule has 0 aliphatic heterocycles. The predicted molar refractivity (Wildman–Crippen MR) is 420 cm³/mol. The van der Waals surface area contributed by atoms with Crippen molar-refractivity contribution in [2.75, 3.05) is 26.4 Å². The summed E-state index contributed by atoms with van der Waals surface area (Å²) in [4.78, 5) is 6.83. The van der Waals surface area contributed by atoms with Gasteiger partial charge in [-0.25, -0.2) is 0 Å². The Kier molecular flexibility index (Phi) is 29.1. The molecule has 13 aliphatic rings. The molecule has 0 amide bonds. The standard InChI is InChI=1S/C94H162N2O4/c1-11-15-53-97-87-57-67(9)58-88(98-54-16-12-2)93(87)95(75-45-33-69(34-46-75)61-83(71-37-25-63(5)26-38-71)72-39-27-64(6)28-40-72)85-51-49-79-80-50-52-86(82-24-20-22-78(92(80)82)77-21-19-23-81(85)91(77)79)96(94-89(99-55-17-13-3)59-68(10)60-90(94)100-56-18-14-4)76-47-35-70(36-48-76)62-84(73-41-29-65(7)30-42-73)74-43-31-66(8)32-44-74/h61-82,85-94H,11-60H2,1-10H3. The van der Waals surface area contributed by atoms with E-state index in [9.17, 15) is 0 Å². The zero-order valence-corrected chi connectivity index (χ0v) is 67.4.